The summed E-state index contributed by atoms with van der Waals surface area (Å²) in [5.41, 5.74) is 0.427. The van der Waals surface area contributed by atoms with Crippen LogP contribution in [0.25, 0.3) is 0 Å². The third kappa shape index (κ3) is 5.54. The van der Waals surface area contributed by atoms with Crippen LogP contribution in [-0.2, 0) is 11.9 Å². The molecule has 1 N–H and O–H groups in total. The van der Waals surface area contributed by atoms with Crippen LogP contribution in [-0.4, -0.2) is 13.0 Å². The minimum atomic E-state index is -4.47. The van der Waals surface area contributed by atoms with Crippen molar-refractivity contribution < 1.29 is 22.7 Å². The van der Waals surface area contributed by atoms with E-state index >= 15 is 0 Å². The fourth-order valence-corrected chi connectivity index (χ4v) is 3.58. The highest BCUT2D eigenvalue weighted by atomic mass is 32.2. The molecule has 7 heteroatoms. The lowest BCUT2D eigenvalue weighted by atomic mass is 10.1. The lowest BCUT2D eigenvalue weighted by molar-refractivity contribution is -0.137. The number of nitrogens with one attached hydrogen (secondary N) is 1. The quantitative estimate of drug-likeness (QED) is 0.481. The van der Waals surface area contributed by atoms with Gasteiger partial charge < -0.3 is 10.1 Å². The third-order valence-electron chi connectivity index (χ3n) is 4.13. The highest BCUT2D eigenvalue weighted by Gasteiger charge is 2.30. The maximum atomic E-state index is 12.9. The Labute approximate surface area is 170 Å². The van der Waals surface area contributed by atoms with Gasteiger partial charge in [0.25, 0.3) is 5.91 Å². The van der Waals surface area contributed by atoms with Gasteiger partial charge in [-0.1, -0.05) is 24.3 Å². The molecule has 0 heterocycles. The molecule has 3 aromatic rings. The minimum Gasteiger partial charge on any atom is -0.496 e. The number of ether oxygens (including phenoxy) is 1. The maximum absolute atomic E-state index is 12.9. The zero-order chi connectivity index (χ0) is 20.9. The predicted octanol–water partition coefficient (Wildman–Crippen LogP) is 6.26. The van der Waals surface area contributed by atoms with E-state index in [0.717, 1.165) is 22.6 Å². The molecular formula is C22H18F3NO2S. The lowest BCUT2D eigenvalue weighted by Gasteiger charge is -2.12. The van der Waals surface area contributed by atoms with Crippen molar-refractivity contribution in [1.29, 1.82) is 0 Å². The molecule has 3 nitrogen and oxygen atoms in total. The summed E-state index contributed by atoms with van der Waals surface area (Å²) in [5, 5.41) is 2.52. The molecule has 0 aromatic heterocycles. The van der Waals surface area contributed by atoms with E-state index in [1.54, 1.807) is 37.1 Å². The van der Waals surface area contributed by atoms with Gasteiger partial charge >= 0.3 is 6.18 Å². The predicted molar refractivity (Wildman–Crippen MR) is 108 cm³/mol. The number of benzene rings is 3. The van der Waals surface area contributed by atoms with Crippen LogP contribution in [0.15, 0.2) is 77.7 Å². The van der Waals surface area contributed by atoms with Crippen molar-refractivity contribution in [2.75, 3.05) is 12.4 Å². The van der Waals surface area contributed by atoms with Crippen LogP contribution in [0.2, 0.25) is 0 Å². The number of carbonyl (C=O) groups excluding carboxylic acids is 1. The minimum absolute atomic E-state index is 0.0841. The first-order valence-electron chi connectivity index (χ1n) is 8.70. The molecule has 0 aliphatic carbocycles. The summed E-state index contributed by atoms with van der Waals surface area (Å²) >= 11 is 1.60. The van der Waals surface area contributed by atoms with Gasteiger partial charge in [-0.25, -0.2) is 0 Å². The fourth-order valence-electron chi connectivity index (χ4n) is 2.69. The number of rotatable bonds is 6. The second kappa shape index (κ2) is 9.05. The topological polar surface area (TPSA) is 38.3 Å². The van der Waals surface area contributed by atoms with E-state index < -0.39 is 17.6 Å². The van der Waals surface area contributed by atoms with Crippen molar-refractivity contribution in [3.63, 3.8) is 0 Å². The number of amides is 1. The first kappa shape index (κ1) is 20.8. The van der Waals surface area contributed by atoms with Gasteiger partial charge in [0, 0.05) is 27.5 Å². The second-order valence-electron chi connectivity index (χ2n) is 6.16. The van der Waals surface area contributed by atoms with Crippen LogP contribution in [0, 0.1) is 0 Å². The Hall–Kier alpha value is -2.93. The van der Waals surface area contributed by atoms with E-state index in [0.29, 0.717) is 17.1 Å². The fraction of sp³-hybridized carbons (Fsp3) is 0.136. The molecule has 0 bridgehead atoms. The Morgan fingerprint density at radius 1 is 1.00 bits per heavy atom. The SMILES string of the molecule is COc1ccc(C(=O)Nc2cccc(C(F)(F)F)c2)cc1CSc1ccccc1. The van der Waals surface area contributed by atoms with Gasteiger partial charge in [-0.05, 0) is 48.5 Å². The average molecular weight is 417 g/mol. The maximum Gasteiger partial charge on any atom is 0.416 e. The molecular weight excluding hydrogens is 399 g/mol. The second-order valence-corrected chi connectivity index (χ2v) is 7.21. The summed E-state index contributed by atoms with van der Waals surface area (Å²) < 4.78 is 44.0. The van der Waals surface area contributed by atoms with Crippen molar-refractivity contribution in [2.24, 2.45) is 0 Å². The number of thioether (sulfide) groups is 1. The van der Waals surface area contributed by atoms with Crippen LogP contribution >= 0.6 is 11.8 Å². The highest BCUT2D eigenvalue weighted by Crippen LogP contribution is 2.31. The van der Waals surface area contributed by atoms with Gasteiger partial charge in [0.1, 0.15) is 5.75 Å². The molecule has 0 aliphatic heterocycles. The van der Waals surface area contributed by atoms with Crippen LogP contribution < -0.4 is 10.1 Å². The third-order valence-corrected chi connectivity index (χ3v) is 5.19. The van der Waals surface area contributed by atoms with Crippen LogP contribution in [0.5, 0.6) is 5.75 Å². The number of halogens is 3. The molecule has 150 valence electrons. The Bertz CT molecular complexity index is 991. The zero-order valence-corrected chi connectivity index (χ0v) is 16.3. The smallest absolute Gasteiger partial charge is 0.416 e. The Morgan fingerprint density at radius 2 is 1.76 bits per heavy atom. The van der Waals surface area contributed by atoms with Crippen LogP contribution in [0.1, 0.15) is 21.5 Å². The summed E-state index contributed by atoms with van der Waals surface area (Å²) in [6, 6.07) is 19.3. The zero-order valence-electron chi connectivity index (χ0n) is 15.5. The van der Waals surface area contributed by atoms with E-state index in [9.17, 15) is 18.0 Å². The molecule has 1 amide bonds. The van der Waals surface area contributed by atoms with E-state index in [2.05, 4.69) is 5.32 Å². The van der Waals surface area contributed by atoms with Crippen molar-refractivity contribution in [1.82, 2.24) is 0 Å². The molecule has 0 saturated heterocycles. The van der Waals surface area contributed by atoms with E-state index in [1.165, 1.54) is 12.1 Å². The number of methoxy groups -OCH3 is 1. The number of carbonyl (C=O) groups is 1. The first-order valence-corrected chi connectivity index (χ1v) is 9.69. The highest BCUT2D eigenvalue weighted by molar-refractivity contribution is 7.98. The number of anilines is 1. The summed E-state index contributed by atoms with van der Waals surface area (Å²) in [5.74, 6) is 0.736. The summed E-state index contributed by atoms with van der Waals surface area (Å²) in [7, 11) is 1.55. The summed E-state index contributed by atoms with van der Waals surface area (Å²) in [6.07, 6.45) is -4.47. The summed E-state index contributed by atoms with van der Waals surface area (Å²) in [6.45, 7) is 0. The normalized spacial score (nSPS) is 11.2. The van der Waals surface area contributed by atoms with E-state index in [1.807, 2.05) is 30.3 Å². The molecule has 29 heavy (non-hydrogen) atoms. The summed E-state index contributed by atoms with van der Waals surface area (Å²) in [4.78, 5) is 13.6. The number of alkyl halides is 3. The van der Waals surface area contributed by atoms with Crippen molar-refractivity contribution in [3.05, 3.63) is 89.5 Å². The van der Waals surface area contributed by atoms with Gasteiger partial charge in [-0.3, -0.25) is 4.79 Å². The largest absolute Gasteiger partial charge is 0.496 e. The lowest BCUT2D eigenvalue weighted by Crippen LogP contribution is -2.13. The standard InChI is InChI=1S/C22H18F3NO2S/c1-28-20-11-10-15(12-16(20)14-29-19-8-3-2-4-9-19)21(27)26-18-7-5-6-17(13-18)22(23,24)25/h2-13H,14H2,1H3,(H,26,27). The molecule has 0 unspecified atom stereocenters. The molecule has 0 spiro atoms. The van der Waals surface area contributed by atoms with Crippen molar-refractivity contribution in [2.45, 2.75) is 16.8 Å². The molecule has 0 radical (unpaired) electrons. The molecule has 3 rings (SSSR count). The van der Waals surface area contributed by atoms with Crippen LogP contribution in [0.3, 0.4) is 0 Å². The Balaban J connectivity index is 1.77. The van der Waals surface area contributed by atoms with Gasteiger partial charge in [-0.15, -0.1) is 11.8 Å². The van der Waals surface area contributed by atoms with Gasteiger partial charge in [0.15, 0.2) is 0 Å². The van der Waals surface area contributed by atoms with E-state index in [4.69, 9.17) is 4.74 Å². The monoisotopic (exact) mass is 417 g/mol. The first-order chi connectivity index (χ1) is 13.9. The number of hydrogen-bond donors (Lipinski definition) is 1. The van der Waals surface area contributed by atoms with Gasteiger partial charge in [0.05, 0.1) is 12.7 Å². The molecule has 3 aromatic carbocycles. The van der Waals surface area contributed by atoms with Gasteiger partial charge in [-0.2, -0.15) is 13.2 Å². The molecule has 0 aliphatic rings. The average Bonchev–Trinajstić information content (AvgIpc) is 2.72. The van der Waals surface area contributed by atoms with Crippen molar-refractivity contribution >= 4 is 23.4 Å². The Morgan fingerprint density at radius 3 is 2.45 bits per heavy atom. The number of hydrogen-bond acceptors (Lipinski definition) is 3. The Kier molecular flexibility index (Phi) is 6.49. The van der Waals surface area contributed by atoms with Gasteiger partial charge in [0.2, 0.25) is 0 Å². The van der Waals surface area contributed by atoms with E-state index in [-0.39, 0.29) is 5.69 Å². The van der Waals surface area contributed by atoms with Crippen molar-refractivity contribution in [3.8, 4) is 5.75 Å². The molecule has 0 fully saturated rings. The van der Waals surface area contributed by atoms with Crippen LogP contribution in [0.4, 0.5) is 18.9 Å². The molecule has 0 saturated carbocycles. The molecule has 0 atom stereocenters.